The van der Waals surface area contributed by atoms with E-state index in [0.717, 1.165) is 40.8 Å². The fourth-order valence-electron chi connectivity index (χ4n) is 1.63. The van der Waals surface area contributed by atoms with Crippen molar-refractivity contribution < 1.29 is 0 Å². The van der Waals surface area contributed by atoms with E-state index in [1.54, 1.807) is 0 Å². The van der Waals surface area contributed by atoms with Crippen molar-refractivity contribution in [3.8, 4) is 0 Å². The van der Waals surface area contributed by atoms with Gasteiger partial charge in [0.1, 0.15) is 5.82 Å². The van der Waals surface area contributed by atoms with E-state index in [2.05, 4.69) is 67.7 Å². The van der Waals surface area contributed by atoms with Crippen molar-refractivity contribution in [2.24, 2.45) is 0 Å². The minimum absolute atomic E-state index is 0.973. The van der Waals surface area contributed by atoms with Crippen LogP contribution in [0, 0.1) is 0 Å². The Morgan fingerprint density at radius 3 is 2.47 bits per heavy atom. The average molecular weight is 365 g/mol. The van der Waals surface area contributed by atoms with Gasteiger partial charge in [-0.15, -0.1) is 0 Å². The molecule has 1 heterocycles. The Morgan fingerprint density at radius 1 is 1.24 bits per heavy atom. The standard InChI is InChI=1S/C12H19Br2N3/c1-4-17(7-5-6-16(2)3)12-11(14)8-10(13)9-15-12/h8-9H,4-7H2,1-3H3. The zero-order chi connectivity index (χ0) is 12.8. The Bertz CT molecular complexity index is 356. The van der Waals surface area contributed by atoms with Gasteiger partial charge >= 0.3 is 0 Å². The van der Waals surface area contributed by atoms with Gasteiger partial charge in [-0.2, -0.15) is 0 Å². The Morgan fingerprint density at radius 2 is 1.94 bits per heavy atom. The summed E-state index contributed by atoms with van der Waals surface area (Å²) in [5.74, 6) is 1.02. The first-order valence-corrected chi connectivity index (χ1v) is 7.34. The summed E-state index contributed by atoms with van der Waals surface area (Å²) in [5, 5.41) is 0. The molecule has 0 radical (unpaired) electrons. The first-order valence-electron chi connectivity index (χ1n) is 5.75. The summed E-state index contributed by atoms with van der Waals surface area (Å²) in [7, 11) is 4.20. The molecule has 0 fully saturated rings. The number of halogens is 2. The SMILES string of the molecule is CCN(CCCN(C)C)c1ncc(Br)cc1Br. The molecule has 1 rings (SSSR count). The third kappa shape index (κ3) is 4.94. The Labute approximate surface area is 120 Å². The zero-order valence-corrected chi connectivity index (χ0v) is 13.8. The Hall–Kier alpha value is -0.130. The average Bonchev–Trinajstić information content (AvgIpc) is 2.25. The topological polar surface area (TPSA) is 19.4 Å². The van der Waals surface area contributed by atoms with Crippen LogP contribution < -0.4 is 4.90 Å². The molecular weight excluding hydrogens is 346 g/mol. The lowest BCUT2D eigenvalue weighted by molar-refractivity contribution is 0.400. The maximum atomic E-state index is 4.47. The molecule has 0 aromatic carbocycles. The van der Waals surface area contributed by atoms with Crippen LogP contribution in [-0.2, 0) is 0 Å². The van der Waals surface area contributed by atoms with Crippen molar-refractivity contribution in [1.29, 1.82) is 0 Å². The highest BCUT2D eigenvalue weighted by atomic mass is 79.9. The van der Waals surface area contributed by atoms with E-state index in [0.29, 0.717) is 0 Å². The van der Waals surface area contributed by atoms with E-state index in [1.807, 2.05) is 12.3 Å². The van der Waals surface area contributed by atoms with Crippen LogP contribution in [-0.4, -0.2) is 43.6 Å². The van der Waals surface area contributed by atoms with Crippen LogP contribution in [0.4, 0.5) is 5.82 Å². The molecular formula is C12H19Br2N3. The molecule has 0 spiro atoms. The molecule has 17 heavy (non-hydrogen) atoms. The lowest BCUT2D eigenvalue weighted by Crippen LogP contribution is -2.28. The summed E-state index contributed by atoms with van der Waals surface area (Å²) < 4.78 is 2.04. The molecule has 5 heteroatoms. The summed E-state index contributed by atoms with van der Waals surface area (Å²) in [6.07, 6.45) is 2.99. The van der Waals surface area contributed by atoms with Crippen molar-refractivity contribution in [1.82, 2.24) is 9.88 Å². The zero-order valence-electron chi connectivity index (χ0n) is 10.6. The fourth-order valence-corrected chi connectivity index (χ4v) is 2.87. The highest BCUT2D eigenvalue weighted by Gasteiger charge is 2.10. The van der Waals surface area contributed by atoms with Gasteiger partial charge in [-0.3, -0.25) is 0 Å². The van der Waals surface area contributed by atoms with E-state index in [1.165, 1.54) is 0 Å². The number of aromatic nitrogens is 1. The van der Waals surface area contributed by atoms with Crippen LogP contribution in [0.3, 0.4) is 0 Å². The van der Waals surface area contributed by atoms with Crippen molar-refractivity contribution in [3.05, 3.63) is 21.2 Å². The van der Waals surface area contributed by atoms with Crippen LogP contribution in [0.1, 0.15) is 13.3 Å². The number of rotatable bonds is 6. The summed E-state index contributed by atoms with van der Waals surface area (Å²) in [4.78, 5) is 8.96. The number of hydrogen-bond donors (Lipinski definition) is 0. The van der Waals surface area contributed by atoms with Crippen LogP contribution in [0.2, 0.25) is 0 Å². The van der Waals surface area contributed by atoms with E-state index < -0.39 is 0 Å². The van der Waals surface area contributed by atoms with Crippen molar-refractivity contribution in [2.45, 2.75) is 13.3 Å². The number of nitrogens with zero attached hydrogens (tertiary/aromatic N) is 3. The molecule has 0 aliphatic heterocycles. The maximum absolute atomic E-state index is 4.47. The van der Waals surface area contributed by atoms with Crippen molar-refractivity contribution in [3.63, 3.8) is 0 Å². The smallest absolute Gasteiger partial charge is 0.142 e. The number of pyridine rings is 1. The molecule has 1 aromatic rings. The Kier molecular flexibility index (Phi) is 6.44. The number of anilines is 1. The molecule has 0 amide bonds. The molecule has 3 nitrogen and oxygen atoms in total. The van der Waals surface area contributed by atoms with Crippen molar-refractivity contribution in [2.75, 3.05) is 38.6 Å². The highest BCUT2D eigenvalue weighted by Crippen LogP contribution is 2.26. The van der Waals surface area contributed by atoms with Gasteiger partial charge < -0.3 is 9.80 Å². The lowest BCUT2D eigenvalue weighted by Gasteiger charge is -2.23. The van der Waals surface area contributed by atoms with Crippen LogP contribution in [0.5, 0.6) is 0 Å². The predicted octanol–water partition coefficient (Wildman–Crippen LogP) is 3.38. The van der Waals surface area contributed by atoms with Gasteiger partial charge in [0.2, 0.25) is 0 Å². The lowest BCUT2D eigenvalue weighted by atomic mass is 10.3. The molecule has 0 aliphatic rings. The molecule has 0 atom stereocenters. The van der Waals surface area contributed by atoms with Gasteiger partial charge in [-0.25, -0.2) is 4.98 Å². The molecule has 0 saturated carbocycles. The summed E-state index contributed by atoms with van der Waals surface area (Å²) >= 11 is 6.99. The largest absolute Gasteiger partial charge is 0.356 e. The fraction of sp³-hybridized carbons (Fsp3) is 0.583. The van der Waals surface area contributed by atoms with Crippen LogP contribution >= 0.6 is 31.9 Å². The molecule has 0 bridgehead atoms. The second-order valence-corrected chi connectivity index (χ2v) is 5.97. The van der Waals surface area contributed by atoms with Gasteiger partial charge in [0.15, 0.2) is 0 Å². The van der Waals surface area contributed by atoms with Gasteiger partial charge in [0.25, 0.3) is 0 Å². The number of hydrogen-bond acceptors (Lipinski definition) is 3. The first kappa shape index (κ1) is 14.9. The third-order valence-corrected chi connectivity index (χ3v) is 3.52. The van der Waals surface area contributed by atoms with Crippen LogP contribution in [0.25, 0.3) is 0 Å². The maximum Gasteiger partial charge on any atom is 0.142 e. The Balaban J connectivity index is 2.66. The van der Waals surface area contributed by atoms with Gasteiger partial charge in [0.05, 0.1) is 4.47 Å². The summed E-state index contributed by atoms with van der Waals surface area (Å²) in [5.41, 5.74) is 0. The molecule has 0 saturated heterocycles. The monoisotopic (exact) mass is 363 g/mol. The molecule has 0 N–H and O–H groups in total. The van der Waals surface area contributed by atoms with Gasteiger partial charge in [-0.1, -0.05) is 0 Å². The second-order valence-electron chi connectivity index (χ2n) is 4.20. The highest BCUT2D eigenvalue weighted by molar-refractivity contribution is 9.11. The minimum Gasteiger partial charge on any atom is -0.356 e. The van der Waals surface area contributed by atoms with E-state index in [-0.39, 0.29) is 0 Å². The van der Waals surface area contributed by atoms with E-state index >= 15 is 0 Å². The van der Waals surface area contributed by atoms with Gasteiger partial charge in [-0.05, 0) is 71.9 Å². The summed E-state index contributed by atoms with van der Waals surface area (Å²) in [6, 6.07) is 2.04. The van der Waals surface area contributed by atoms with E-state index in [4.69, 9.17) is 0 Å². The van der Waals surface area contributed by atoms with Gasteiger partial charge in [0, 0.05) is 23.8 Å². The molecule has 0 aliphatic carbocycles. The third-order valence-electron chi connectivity index (χ3n) is 2.50. The molecule has 0 unspecified atom stereocenters. The van der Waals surface area contributed by atoms with Crippen molar-refractivity contribution >= 4 is 37.7 Å². The summed E-state index contributed by atoms with van der Waals surface area (Å²) in [6.45, 7) is 5.26. The quantitative estimate of drug-likeness (QED) is 0.771. The second kappa shape index (κ2) is 7.34. The normalized spacial score (nSPS) is 10.9. The predicted molar refractivity (Wildman–Crippen MR) is 80.7 cm³/mol. The first-order chi connectivity index (χ1) is 8.04. The van der Waals surface area contributed by atoms with Crippen LogP contribution in [0.15, 0.2) is 21.2 Å². The molecule has 96 valence electrons. The minimum atomic E-state index is 0.973. The molecule has 1 aromatic heterocycles. The van der Waals surface area contributed by atoms with E-state index in [9.17, 15) is 0 Å².